The molecule has 25 heavy (non-hydrogen) atoms. The van der Waals surface area contributed by atoms with Crippen LogP contribution in [0.3, 0.4) is 0 Å². The van der Waals surface area contributed by atoms with Crippen LogP contribution in [-0.4, -0.2) is 35.4 Å². The summed E-state index contributed by atoms with van der Waals surface area (Å²) in [6.45, 7) is 5.39. The van der Waals surface area contributed by atoms with Gasteiger partial charge in [0.05, 0.1) is 0 Å². The molecule has 132 valence electrons. The second kappa shape index (κ2) is 9.07. The third-order valence-electron chi connectivity index (χ3n) is 4.70. The van der Waals surface area contributed by atoms with Crippen molar-refractivity contribution in [2.75, 3.05) is 29.9 Å². The van der Waals surface area contributed by atoms with E-state index < -0.39 is 0 Å². The molecule has 0 aromatic heterocycles. The van der Waals surface area contributed by atoms with Crippen molar-refractivity contribution in [3.63, 3.8) is 0 Å². The number of carbonyl (C=O) groups excluding carboxylic acids is 1. The highest BCUT2D eigenvalue weighted by Crippen LogP contribution is 2.22. The molecule has 1 N–H and O–H groups in total. The van der Waals surface area contributed by atoms with Crippen LogP contribution in [0.25, 0.3) is 0 Å². The maximum absolute atomic E-state index is 12.3. The molecule has 0 spiro atoms. The number of hydrogen-bond acceptors (Lipinski definition) is 3. The van der Waals surface area contributed by atoms with Crippen molar-refractivity contribution in [2.24, 2.45) is 0 Å². The summed E-state index contributed by atoms with van der Waals surface area (Å²) in [5, 5.41) is 3.10. The standard InChI is InChI=1S/C21H26N2OS/c1-17-19(16-23-12-14-25-15-13-23)8-5-9-20(17)22-21(24)11-10-18-6-3-2-4-7-18/h2-9H,10-16H2,1H3,(H,22,24). The van der Waals surface area contributed by atoms with Gasteiger partial charge in [-0.25, -0.2) is 0 Å². The number of aryl methyl sites for hydroxylation is 1. The van der Waals surface area contributed by atoms with Crippen molar-refractivity contribution in [2.45, 2.75) is 26.3 Å². The Morgan fingerprint density at radius 1 is 1.08 bits per heavy atom. The van der Waals surface area contributed by atoms with E-state index in [4.69, 9.17) is 0 Å². The third kappa shape index (κ3) is 5.35. The van der Waals surface area contributed by atoms with Crippen LogP contribution in [0.2, 0.25) is 0 Å². The fraction of sp³-hybridized carbons (Fsp3) is 0.381. The lowest BCUT2D eigenvalue weighted by atomic mass is 10.1. The van der Waals surface area contributed by atoms with Gasteiger partial charge >= 0.3 is 0 Å². The van der Waals surface area contributed by atoms with Crippen LogP contribution in [0.5, 0.6) is 0 Å². The smallest absolute Gasteiger partial charge is 0.224 e. The Kier molecular flexibility index (Phi) is 6.54. The lowest BCUT2D eigenvalue weighted by Gasteiger charge is -2.27. The number of benzene rings is 2. The van der Waals surface area contributed by atoms with Gasteiger partial charge in [0, 0.05) is 43.2 Å². The van der Waals surface area contributed by atoms with E-state index in [9.17, 15) is 4.79 Å². The molecule has 1 saturated heterocycles. The van der Waals surface area contributed by atoms with Gasteiger partial charge in [-0.3, -0.25) is 9.69 Å². The molecule has 4 heteroatoms. The zero-order chi connectivity index (χ0) is 17.5. The van der Waals surface area contributed by atoms with E-state index in [0.29, 0.717) is 6.42 Å². The first-order valence-corrected chi connectivity index (χ1v) is 10.1. The number of anilines is 1. The van der Waals surface area contributed by atoms with Crippen LogP contribution in [0.1, 0.15) is 23.1 Å². The predicted molar refractivity (Wildman–Crippen MR) is 107 cm³/mol. The number of hydrogen-bond donors (Lipinski definition) is 1. The Morgan fingerprint density at radius 2 is 1.84 bits per heavy atom. The van der Waals surface area contributed by atoms with Crippen molar-refractivity contribution >= 4 is 23.4 Å². The molecule has 2 aromatic rings. The number of rotatable bonds is 6. The third-order valence-corrected chi connectivity index (χ3v) is 5.64. The fourth-order valence-corrected chi connectivity index (χ4v) is 4.08. The van der Waals surface area contributed by atoms with Crippen LogP contribution in [0, 0.1) is 6.92 Å². The minimum Gasteiger partial charge on any atom is -0.326 e. The van der Waals surface area contributed by atoms with E-state index in [-0.39, 0.29) is 5.91 Å². The van der Waals surface area contributed by atoms with Crippen molar-refractivity contribution in [1.29, 1.82) is 0 Å². The molecule has 1 aliphatic heterocycles. The molecule has 1 fully saturated rings. The summed E-state index contributed by atoms with van der Waals surface area (Å²) >= 11 is 2.03. The lowest BCUT2D eigenvalue weighted by molar-refractivity contribution is -0.116. The second-order valence-corrected chi connectivity index (χ2v) is 7.74. The summed E-state index contributed by atoms with van der Waals surface area (Å²) in [7, 11) is 0. The van der Waals surface area contributed by atoms with E-state index in [1.165, 1.54) is 28.2 Å². The summed E-state index contributed by atoms with van der Waals surface area (Å²) in [6.07, 6.45) is 1.29. The fourth-order valence-electron chi connectivity index (χ4n) is 3.11. The first-order chi connectivity index (χ1) is 12.2. The number of nitrogens with zero attached hydrogens (tertiary/aromatic N) is 1. The number of nitrogens with one attached hydrogen (secondary N) is 1. The Labute approximate surface area is 154 Å². The van der Waals surface area contributed by atoms with Gasteiger partial charge in [0.2, 0.25) is 5.91 Å². The molecule has 0 aliphatic carbocycles. The maximum atomic E-state index is 12.3. The summed E-state index contributed by atoms with van der Waals surface area (Å²) in [6, 6.07) is 16.4. The lowest BCUT2D eigenvalue weighted by Crippen LogP contribution is -2.32. The molecule has 2 aromatic carbocycles. The monoisotopic (exact) mass is 354 g/mol. The normalized spacial score (nSPS) is 15.1. The molecular weight excluding hydrogens is 328 g/mol. The minimum atomic E-state index is 0.0819. The first kappa shape index (κ1) is 18.0. The van der Waals surface area contributed by atoms with E-state index in [2.05, 4.69) is 35.3 Å². The molecule has 0 atom stereocenters. The summed E-state index contributed by atoms with van der Waals surface area (Å²) < 4.78 is 0. The molecular formula is C21H26N2OS. The number of amides is 1. The zero-order valence-electron chi connectivity index (χ0n) is 14.8. The van der Waals surface area contributed by atoms with Crippen LogP contribution in [0.4, 0.5) is 5.69 Å². The number of thioether (sulfide) groups is 1. The molecule has 0 radical (unpaired) electrons. The van der Waals surface area contributed by atoms with Gasteiger partial charge in [0.1, 0.15) is 0 Å². The SMILES string of the molecule is Cc1c(CN2CCSCC2)cccc1NC(=O)CCc1ccccc1. The van der Waals surface area contributed by atoms with Crippen LogP contribution < -0.4 is 5.32 Å². The summed E-state index contributed by atoms with van der Waals surface area (Å²) in [5.41, 5.74) is 4.65. The topological polar surface area (TPSA) is 32.3 Å². The Hall–Kier alpha value is -1.78. The Balaban J connectivity index is 1.58. The van der Waals surface area contributed by atoms with Crippen molar-refractivity contribution in [3.8, 4) is 0 Å². The van der Waals surface area contributed by atoms with E-state index in [0.717, 1.165) is 31.7 Å². The van der Waals surface area contributed by atoms with Crippen LogP contribution in [0.15, 0.2) is 48.5 Å². The van der Waals surface area contributed by atoms with Gasteiger partial charge in [-0.15, -0.1) is 0 Å². The maximum Gasteiger partial charge on any atom is 0.224 e. The predicted octanol–water partition coefficient (Wildman–Crippen LogP) is 4.12. The molecule has 0 bridgehead atoms. The largest absolute Gasteiger partial charge is 0.326 e. The van der Waals surface area contributed by atoms with E-state index >= 15 is 0 Å². The molecule has 0 saturated carbocycles. The molecule has 1 aliphatic rings. The van der Waals surface area contributed by atoms with Gasteiger partial charge in [-0.05, 0) is 36.1 Å². The zero-order valence-corrected chi connectivity index (χ0v) is 15.6. The highest BCUT2D eigenvalue weighted by molar-refractivity contribution is 7.99. The average molecular weight is 355 g/mol. The average Bonchev–Trinajstić information content (AvgIpc) is 2.65. The van der Waals surface area contributed by atoms with Crippen LogP contribution >= 0.6 is 11.8 Å². The summed E-state index contributed by atoms with van der Waals surface area (Å²) in [4.78, 5) is 14.8. The molecule has 3 rings (SSSR count). The minimum absolute atomic E-state index is 0.0819. The molecule has 3 nitrogen and oxygen atoms in total. The van der Waals surface area contributed by atoms with Gasteiger partial charge in [0.25, 0.3) is 0 Å². The van der Waals surface area contributed by atoms with Crippen molar-refractivity contribution in [3.05, 3.63) is 65.2 Å². The van der Waals surface area contributed by atoms with Gasteiger partial charge in [-0.2, -0.15) is 11.8 Å². The van der Waals surface area contributed by atoms with Gasteiger partial charge < -0.3 is 5.32 Å². The Bertz CT molecular complexity index is 696. The molecule has 1 heterocycles. The highest BCUT2D eigenvalue weighted by Gasteiger charge is 2.13. The highest BCUT2D eigenvalue weighted by atomic mass is 32.2. The van der Waals surface area contributed by atoms with Crippen LogP contribution in [-0.2, 0) is 17.8 Å². The number of carbonyl (C=O) groups is 1. The summed E-state index contributed by atoms with van der Waals surface area (Å²) in [5.74, 6) is 2.52. The quantitative estimate of drug-likeness (QED) is 0.847. The Morgan fingerprint density at radius 3 is 2.60 bits per heavy atom. The van der Waals surface area contributed by atoms with E-state index in [1.54, 1.807) is 0 Å². The van der Waals surface area contributed by atoms with E-state index in [1.807, 2.05) is 42.1 Å². The van der Waals surface area contributed by atoms with Crippen molar-refractivity contribution < 1.29 is 4.79 Å². The second-order valence-electron chi connectivity index (χ2n) is 6.51. The molecule has 1 amide bonds. The molecule has 0 unspecified atom stereocenters. The van der Waals surface area contributed by atoms with Gasteiger partial charge in [0.15, 0.2) is 0 Å². The van der Waals surface area contributed by atoms with Crippen molar-refractivity contribution in [1.82, 2.24) is 4.90 Å². The van der Waals surface area contributed by atoms with Gasteiger partial charge in [-0.1, -0.05) is 42.5 Å². The first-order valence-electron chi connectivity index (χ1n) is 8.95.